The van der Waals surface area contributed by atoms with Gasteiger partial charge in [0, 0.05) is 0 Å². The lowest BCUT2D eigenvalue weighted by atomic mass is 10.1. The number of amides is 1. The largest absolute Gasteiger partial charge is 0.465 e. The highest BCUT2D eigenvalue weighted by Gasteiger charge is 2.13. The van der Waals surface area contributed by atoms with E-state index in [4.69, 9.17) is 4.74 Å². The van der Waals surface area contributed by atoms with Crippen LogP contribution >= 0.6 is 0 Å². The molecular weight excluding hydrogens is 380 g/mol. The van der Waals surface area contributed by atoms with Crippen LogP contribution in [0.1, 0.15) is 15.9 Å². The highest BCUT2D eigenvalue weighted by molar-refractivity contribution is 6.10. The number of anilines is 1. The van der Waals surface area contributed by atoms with E-state index in [1.165, 1.54) is 13.2 Å². The summed E-state index contributed by atoms with van der Waals surface area (Å²) in [5, 5.41) is 12.1. The molecule has 3 rings (SSSR count). The van der Waals surface area contributed by atoms with Crippen molar-refractivity contribution in [1.29, 1.82) is 5.26 Å². The molecule has 0 heterocycles. The quantitative estimate of drug-likeness (QED) is 0.366. The molecule has 3 aromatic rings. The molecule has 0 aromatic heterocycles. The van der Waals surface area contributed by atoms with Crippen LogP contribution in [0.15, 0.2) is 84.4 Å². The van der Waals surface area contributed by atoms with Crippen LogP contribution in [0, 0.1) is 11.3 Å². The topological polar surface area (TPSA) is 88.4 Å². The average molecular weight is 398 g/mol. The molecule has 3 aromatic carbocycles. The number of esters is 1. The average Bonchev–Trinajstić information content (AvgIpc) is 2.79. The van der Waals surface area contributed by atoms with E-state index in [1.807, 2.05) is 24.3 Å². The Kier molecular flexibility index (Phi) is 6.59. The van der Waals surface area contributed by atoms with E-state index < -0.39 is 11.9 Å². The summed E-state index contributed by atoms with van der Waals surface area (Å²) in [5.74, 6) is 0.0511. The fourth-order valence-corrected chi connectivity index (χ4v) is 2.61. The summed E-state index contributed by atoms with van der Waals surface area (Å²) in [6.07, 6.45) is 1.44. The van der Waals surface area contributed by atoms with Crippen molar-refractivity contribution >= 4 is 23.6 Å². The maximum atomic E-state index is 12.6. The summed E-state index contributed by atoms with van der Waals surface area (Å²) in [6, 6.07) is 24.4. The number of hydrogen-bond acceptors (Lipinski definition) is 5. The van der Waals surface area contributed by atoms with E-state index in [-0.39, 0.29) is 5.57 Å². The molecule has 1 amide bonds. The molecule has 0 aliphatic heterocycles. The number of nitriles is 1. The monoisotopic (exact) mass is 398 g/mol. The van der Waals surface area contributed by atoms with Crippen molar-refractivity contribution in [2.45, 2.75) is 0 Å². The Morgan fingerprint density at radius 3 is 2.27 bits per heavy atom. The second-order valence-electron chi connectivity index (χ2n) is 6.15. The SMILES string of the molecule is COC(=O)c1ccc(C=C(C#N)C(=O)Nc2ccccc2Oc2ccccc2)cc1. The Morgan fingerprint density at radius 2 is 1.60 bits per heavy atom. The third kappa shape index (κ3) is 5.12. The van der Waals surface area contributed by atoms with Gasteiger partial charge in [0.1, 0.15) is 17.4 Å². The maximum Gasteiger partial charge on any atom is 0.337 e. The molecule has 0 aliphatic carbocycles. The van der Waals surface area contributed by atoms with Gasteiger partial charge in [-0.25, -0.2) is 4.79 Å². The predicted octanol–water partition coefficient (Wildman–Crippen LogP) is 4.81. The number of para-hydroxylation sites is 3. The van der Waals surface area contributed by atoms with E-state index in [0.717, 1.165) is 0 Å². The zero-order valence-electron chi connectivity index (χ0n) is 16.2. The Hall–Kier alpha value is -4.37. The summed E-state index contributed by atoms with van der Waals surface area (Å²) < 4.78 is 10.5. The first-order chi connectivity index (χ1) is 14.6. The number of nitrogens with one attached hydrogen (secondary N) is 1. The highest BCUT2D eigenvalue weighted by atomic mass is 16.5. The summed E-state index contributed by atoms with van der Waals surface area (Å²) in [6.45, 7) is 0. The van der Waals surface area contributed by atoms with Gasteiger partial charge >= 0.3 is 5.97 Å². The van der Waals surface area contributed by atoms with Crippen molar-refractivity contribution in [1.82, 2.24) is 0 Å². The second-order valence-corrected chi connectivity index (χ2v) is 6.15. The van der Waals surface area contributed by atoms with Gasteiger partial charge in [0.2, 0.25) is 0 Å². The molecule has 0 aliphatic rings. The van der Waals surface area contributed by atoms with E-state index in [0.29, 0.717) is 28.3 Å². The van der Waals surface area contributed by atoms with E-state index in [9.17, 15) is 14.9 Å². The number of carbonyl (C=O) groups is 2. The Bertz CT molecular complexity index is 1110. The van der Waals surface area contributed by atoms with Crippen LogP contribution in [0.25, 0.3) is 6.08 Å². The third-order valence-corrected chi connectivity index (χ3v) is 4.11. The maximum absolute atomic E-state index is 12.6. The zero-order chi connectivity index (χ0) is 21.3. The molecule has 0 saturated carbocycles. The van der Waals surface area contributed by atoms with Crippen molar-refractivity contribution < 1.29 is 19.1 Å². The first kappa shape index (κ1) is 20.4. The Labute approximate surface area is 174 Å². The number of hydrogen-bond donors (Lipinski definition) is 1. The third-order valence-electron chi connectivity index (χ3n) is 4.11. The Morgan fingerprint density at radius 1 is 0.933 bits per heavy atom. The van der Waals surface area contributed by atoms with Gasteiger partial charge < -0.3 is 14.8 Å². The summed E-state index contributed by atoms with van der Waals surface area (Å²) in [4.78, 5) is 24.2. The fraction of sp³-hybridized carbons (Fsp3) is 0.0417. The number of ether oxygens (including phenoxy) is 2. The second kappa shape index (κ2) is 9.71. The molecule has 0 saturated heterocycles. The predicted molar refractivity (Wildman–Crippen MR) is 113 cm³/mol. The summed E-state index contributed by atoms with van der Waals surface area (Å²) in [7, 11) is 1.30. The van der Waals surface area contributed by atoms with Crippen LogP contribution < -0.4 is 10.1 Å². The van der Waals surface area contributed by atoms with Crippen LogP contribution in [-0.2, 0) is 9.53 Å². The van der Waals surface area contributed by atoms with Crippen molar-refractivity contribution in [2.24, 2.45) is 0 Å². The van der Waals surface area contributed by atoms with Crippen molar-refractivity contribution in [3.63, 3.8) is 0 Å². The van der Waals surface area contributed by atoms with Gasteiger partial charge in [-0.1, -0.05) is 42.5 Å². The fourth-order valence-electron chi connectivity index (χ4n) is 2.61. The van der Waals surface area contributed by atoms with Crippen molar-refractivity contribution in [3.05, 3.63) is 95.6 Å². The molecule has 0 fully saturated rings. The zero-order valence-corrected chi connectivity index (χ0v) is 16.2. The number of methoxy groups -OCH3 is 1. The van der Waals surface area contributed by atoms with Crippen molar-refractivity contribution in [3.8, 4) is 17.6 Å². The molecule has 0 radical (unpaired) electrons. The minimum absolute atomic E-state index is 0.0877. The van der Waals surface area contributed by atoms with Gasteiger partial charge in [-0.2, -0.15) is 5.26 Å². The minimum atomic E-state index is -0.571. The van der Waals surface area contributed by atoms with E-state index >= 15 is 0 Å². The standard InChI is InChI=1S/C24H18N2O4/c1-29-24(28)18-13-11-17(12-14-18)15-19(16-25)23(27)26-21-9-5-6-10-22(21)30-20-7-3-2-4-8-20/h2-15H,1H3,(H,26,27). The lowest BCUT2D eigenvalue weighted by molar-refractivity contribution is -0.112. The Balaban J connectivity index is 1.78. The van der Waals surface area contributed by atoms with E-state index in [2.05, 4.69) is 10.1 Å². The van der Waals surface area contributed by atoms with Gasteiger partial charge in [0.15, 0.2) is 5.75 Å². The molecule has 30 heavy (non-hydrogen) atoms. The normalized spacial score (nSPS) is 10.6. The first-order valence-electron chi connectivity index (χ1n) is 9.04. The van der Waals surface area contributed by atoms with Crippen LogP contribution in [0.4, 0.5) is 5.69 Å². The molecule has 148 valence electrons. The molecule has 0 spiro atoms. The number of nitrogens with zero attached hydrogens (tertiary/aromatic N) is 1. The number of carbonyl (C=O) groups excluding carboxylic acids is 2. The van der Waals surface area contributed by atoms with Crippen LogP contribution in [0.3, 0.4) is 0 Å². The molecule has 0 atom stereocenters. The van der Waals surface area contributed by atoms with Crippen LogP contribution in [-0.4, -0.2) is 19.0 Å². The lowest BCUT2D eigenvalue weighted by Gasteiger charge is -2.12. The van der Waals surface area contributed by atoms with Gasteiger partial charge in [0.25, 0.3) is 5.91 Å². The first-order valence-corrected chi connectivity index (χ1v) is 9.04. The van der Waals surface area contributed by atoms with Gasteiger partial charge in [-0.05, 0) is 48.0 Å². The van der Waals surface area contributed by atoms with Gasteiger partial charge in [-0.3, -0.25) is 4.79 Å². The van der Waals surface area contributed by atoms with Crippen LogP contribution in [0.5, 0.6) is 11.5 Å². The summed E-state index contributed by atoms with van der Waals surface area (Å²) >= 11 is 0. The molecule has 1 N–H and O–H groups in total. The molecular formula is C24H18N2O4. The smallest absolute Gasteiger partial charge is 0.337 e. The number of benzene rings is 3. The van der Waals surface area contributed by atoms with Crippen LogP contribution in [0.2, 0.25) is 0 Å². The minimum Gasteiger partial charge on any atom is -0.465 e. The molecule has 0 unspecified atom stereocenters. The molecule has 6 nitrogen and oxygen atoms in total. The van der Waals surface area contributed by atoms with E-state index in [1.54, 1.807) is 60.7 Å². The highest BCUT2D eigenvalue weighted by Crippen LogP contribution is 2.29. The van der Waals surface area contributed by atoms with Crippen molar-refractivity contribution in [2.75, 3.05) is 12.4 Å². The lowest BCUT2D eigenvalue weighted by Crippen LogP contribution is -2.14. The van der Waals surface area contributed by atoms with Gasteiger partial charge in [0.05, 0.1) is 18.4 Å². The van der Waals surface area contributed by atoms with Gasteiger partial charge in [-0.15, -0.1) is 0 Å². The molecule has 6 heteroatoms. The summed E-state index contributed by atoms with van der Waals surface area (Å²) in [5.41, 5.74) is 1.33. The molecule has 0 bridgehead atoms. The number of rotatable bonds is 6.